The van der Waals surface area contributed by atoms with Gasteiger partial charge in [0.1, 0.15) is 5.75 Å². The number of ether oxygens (including phenoxy) is 1. The first-order valence-electron chi connectivity index (χ1n) is 5.14. The topological polar surface area (TPSA) is 9.23 Å². The number of benzene rings is 1. The van der Waals surface area contributed by atoms with E-state index in [4.69, 9.17) is 4.74 Å². The molecular weight excluding hydrogens is 272 g/mol. The molecule has 0 saturated carbocycles. The third-order valence-electron chi connectivity index (χ3n) is 2.05. The van der Waals surface area contributed by atoms with Crippen LogP contribution < -0.4 is 4.74 Å². The summed E-state index contributed by atoms with van der Waals surface area (Å²) in [6.07, 6.45) is 0. The molecule has 1 nitrogen and oxygen atoms in total. The van der Waals surface area contributed by atoms with Crippen molar-refractivity contribution < 1.29 is 4.74 Å². The molecular formula is C12H17BrOS. The second-order valence-electron chi connectivity index (χ2n) is 3.29. The molecule has 3 heteroatoms. The molecule has 0 unspecified atom stereocenters. The van der Waals surface area contributed by atoms with E-state index >= 15 is 0 Å². The van der Waals surface area contributed by atoms with Crippen LogP contribution in [0.4, 0.5) is 0 Å². The van der Waals surface area contributed by atoms with Gasteiger partial charge in [0.25, 0.3) is 0 Å². The number of aryl methyl sites for hydroxylation is 1. The largest absolute Gasteiger partial charge is 0.492 e. The minimum Gasteiger partial charge on any atom is -0.492 e. The van der Waals surface area contributed by atoms with Crippen molar-refractivity contribution in [1.29, 1.82) is 0 Å². The Morgan fingerprint density at radius 3 is 2.87 bits per heavy atom. The molecule has 0 saturated heterocycles. The summed E-state index contributed by atoms with van der Waals surface area (Å²) in [6, 6.07) is 6.31. The lowest BCUT2D eigenvalue weighted by Gasteiger charge is -2.10. The molecule has 1 rings (SSSR count). The van der Waals surface area contributed by atoms with Gasteiger partial charge in [-0.3, -0.25) is 0 Å². The quantitative estimate of drug-likeness (QED) is 0.578. The van der Waals surface area contributed by atoms with Gasteiger partial charge in [-0.05, 0) is 18.7 Å². The van der Waals surface area contributed by atoms with Gasteiger partial charge in [-0.15, -0.1) is 0 Å². The van der Waals surface area contributed by atoms with Gasteiger partial charge in [-0.1, -0.05) is 40.5 Å². The summed E-state index contributed by atoms with van der Waals surface area (Å²) in [6.45, 7) is 5.06. The van der Waals surface area contributed by atoms with Crippen molar-refractivity contribution in [1.82, 2.24) is 0 Å². The maximum atomic E-state index is 5.73. The SMILES string of the molecule is CCSCCOc1ccc(C)cc1CBr. The second kappa shape index (κ2) is 7.18. The predicted octanol–water partition coefficient (Wildman–Crippen LogP) is 4.02. The van der Waals surface area contributed by atoms with E-state index in [1.165, 1.54) is 11.1 Å². The lowest BCUT2D eigenvalue weighted by Crippen LogP contribution is -2.02. The van der Waals surface area contributed by atoms with Crippen molar-refractivity contribution >= 4 is 27.7 Å². The molecule has 0 spiro atoms. The van der Waals surface area contributed by atoms with Gasteiger partial charge in [0.05, 0.1) is 6.61 Å². The Balaban J connectivity index is 2.52. The predicted molar refractivity (Wildman–Crippen MR) is 72.3 cm³/mol. The zero-order chi connectivity index (χ0) is 11.1. The van der Waals surface area contributed by atoms with Crippen molar-refractivity contribution in [3.8, 4) is 5.75 Å². The number of halogens is 1. The Kier molecular flexibility index (Phi) is 6.18. The third kappa shape index (κ3) is 4.47. The summed E-state index contributed by atoms with van der Waals surface area (Å²) in [5, 5.41) is 0.852. The van der Waals surface area contributed by atoms with Gasteiger partial charge in [-0.2, -0.15) is 11.8 Å². The fourth-order valence-corrected chi connectivity index (χ4v) is 2.24. The Hall–Kier alpha value is -0.150. The average Bonchev–Trinajstić information content (AvgIpc) is 2.26. The van der Waals surface area contributed by atoms with Crippen molar-refractivity contribution in [2.45, 2.75) is 19.2 Å². The van der Waals surface area contributed by atoms with E-state index in [-0.39, 0.29) is 0 Å². The highest BCUT2D eigenvalue weighted by molar-refractivity contribution is 9.08. The molecule has 1 aromatic carbocycles. The number of alkyl halides is 1. The lowest BCUT2D eigenvalue weighted by atomic mass is 10.1. The standard InChI is InChI=1S/C12H17BrOS/c1-3-15-7-6-14-12-5-4-10(2)8-11(12)9-13/h4-5,8H,3,6-7,9H2,1-2H3. The lowest BCUT2D eigenvalue weighted by molar-refractivity contribution is 0.341. The summed E-state index contributed by atoms with van der Waals surface area (Å²) in [7, 11) is 0. The second-order valence-corrected chi connectivity index (χ2v) is 5.24. The Morgan fingerprint density at radius 2 is 2.20 bits per heavy atom. The molecule has 1 aromatic rings. The zero-order valence-corrected chi connectivity index (χ0v) is 11.7. The molecule has 0 radical (unpaired) electrons. The minimum atomic E-state index is 0.793. The third-order valence-corrected chi connectivity index (χ3v) is 3.52. The molecule has 15 heavy (non-hydrogen) atoms. The molecule has 0 aliphatic carbocycles. The van der Waals surface area contributed by atoms with Gasteiger partial charge in [-0.25, -0.2) is 0 Å². The van der Waals surface area contributed by atoms with Crippen LogP contribution in [0.3, 0.4) is 0 Å². The molecule has 0 N–H and O–H groups in total. The highest BCUT2D eigenvalue weighted by atomic mass is 79.9. The van der Waals surface area contributed by atoms with E-state index in [0.29, 0.717) is 0 Å². The maximum Gasteiger partial charge on any atom is 0.123 e. The first kappa shape index (κ1) is 12.9. The minimum absolute atomic E-state index is 0.793. The summed E-state index contributed by atoms with van der Waals surface area (Å²) < 4.78 is 5.73. The Morgan fingerprint density at radius 1 is 1.40 bits per heavy atom. The molecule has 0 aliphatic rings. The number of thioether (sulfide) groups is 1. The van der Waals surface area contributed by atoms with Gasteiger partial charge < -0.3 is 4.74 Å². The summed E-state index contributed by atoms with van der Waals surface area (Å²) >= 11 is 5.39. The Bertz CT molecular complexity index is 302. The molecule has 0 amide bonds. The molecule has 0 atom stereocenters. The van der Waals surface area contributed by atoms with Crippen molar-refractivity contribution in [3.63, 3.8) is 0 Å². The maximum absolute atomic E-state index is 5.73. The van der Waals surface area contributed by atoms with E-state index in [1.807, 2.05) is 11.8 Å². The van der Waals surface area contributed by atoms with E-state index < -0.39 is 0 Å². The smallest absolute Gasteiger partial charge is 0.123 e. The van der Waals surface area contributed by atoms with Crippen LogP contribution in [-0.2, 0) is 5.33 Å². The van der Waals surface area contributed by atoms with Crippen LogP contribution in [0.5, 0.6) is 5.75 Å². The fraction of sp³-hybridized carbons (Fsp3) is 0.500. The van der Waals surface area contributed by atoms with E-state index in [2.05, 4.69) is 48.0 Å². The first-order valence-corrected chi connectivity index (χ1v) is 7.41. The van der Waals surface area contributed by atoms with Crippen LogP contribution in [0, 0.1) is 6.92 Å². The van der Waals surface area contributed by atoms with Crippen LogP contribution in [0.15, 0.2) is 18.2 Å². The summed E-state index contributed by atoms with van der Waals surface area (Å²) in [4.78, 5) is 0. The monoisotopic (exact) mass is 288 g/mol. The highest BCUT2D eigenvalue weighted by Crippen LogP contribution is 2.22. The van der Waals surface area contributed by atoms with Crippen LogP contribution in [0.25, 0.3) is 0 Å². The van der Waals surface area contributed by atoms with Crippen LogP contribution in [0.1, 0.15) is 18.1 Å². The van der Waals surface area contributed by atoms with Gasteiger partial charge in [0.2, 0.25) is 0 Å². The van der Waals surface area contributed by atoms with Crippen LogP contribution in [-0.4, -0.2) is 18.1 Å². The van der Waals surface area contributed by atoms with Gasteiger partial charge in [0.15, 0.2) is 0 Å². The number of hydrogen-bond donors (Lipinski definition) is 0. The summed E-state index contributed by atoms with van der Waals surface area (Å²) in [5.74, 6) is 3.23. The van der Waals surface area contributed by atoms with Crippen molar-refractivity contribution in [2.75, 3.05) is 18.1 Å². The van der Waals surface area contributed by atoms with E-state index in [0.717, 1.165) is 29.2 Å². The number of rotatable bonds is 6. The van der Waals surface area contributed by atoms with Crippen molar-refractivity contribution in [2.24, 2.45) is 0 Å². The van der Waals surface area contributed by atoms with Gasteiger partial charge >= 0.3 is 0 Å². The van der Waals surface area contributed by atoms with Crippen LogP contribution >= 0.6 is 27.7 Å². The first-order chi connectivity index (χ1) is 7.27. The fourth-order valence-electron chi connectivity index (χ4n) is 1.31. The normalized spacial score (nSPS) is 10.3. The molecule has 84 valence electrons. The Labute approximate surface area is 105 Å². The van der Waals surface area contributed by atoms with Crippen LogP contribution in [0.2, 0.25) is 0 Å². The molecule has 0 fully saturated rings. The summed E-state index contributed by atoms with van der Waals surface area (Å²) in [5.41, 5.74) is 2.51. The zero-order valence-electron chi connectivity index (χ0n) is 9.25. The van der Waals surface area contributed by atoms with Gasteiger partial charge in [0, 0.05) is 16.6 Å². The highest BCUT2D eigenvalue weighted by Gasteiger charge is 2.02. The number of hydrogen-bond acceptors (Lipinski definition) is 2. The van der Waals surface area contributed by atoms with E-state index in [1.54, 1.807) is 0 Å². The van der Waals surface area contributed by atoms with Crippen molar-refractivity contribution in [3.05, 3.63) is 29.3 Å². The van der Waals surface area contributed by atoms with E-state index in [9.17, 15) is 0 Å². The molecule has 0 aromatic heterocycles. The molecule has 0 bridgehead atoms. The molecule has 0 heterocycles. The molecule has 0 aliphatic heterocycles. The average molecular weight is 289 g/mol.